The van der Waals surface area contributed by atoms with E-state index in [1.807, 2.05) is 18.2 Å². The lowest BCUT2D eigenvalue weighted by Gasteiger charge is -2.19. The van der Waals surface area contributed by atoms with Gasteiger partial charge in [0.2, 0.25) is 0 Å². The van der Waals surface area contributed by atoms with E-state index in [4.69, 9.17) is 0 Å². The van der Waals surface area contributed by atoms with Gasteiger partial charge in [0.15, 0.2) is 0 Å². The molecule has 1 unspecified atom stereocenters. The SMILES string of the molecule is CCCC(NCc1ccc(F)c(C)c1)c1ccccc1. The predicted molar refractivity (Wildman–Crippen MR) is 82.1 cm³/mol. The standard InChI is InChI=1S/C18H22FN/c1-3-7-18(16-8-5-4-6-9-16)20-13-15-10-11-17(19)14(2)12-15/h4-6,8-12,18,20H,3,7,13H2,1-2H3. The number of halogens is 1. The van der Waals surface area contributed by atoms with Gasteiger partial charge in [-0.1, -0.05) is 55.8 Å². The molecule has 2 rings (SSSR count). The zero-order valence-electron chi connectivity index (χ0n) is 12.2. The lowest BCUT2D eigenvalue weighted by molar-refractivity contribution is 0.493. The van der Waals surface area contributed by atoms with E-state index in [9.17, 15) is 4.39 Å². The molecule has 1 atom stereocenters. The molecule has 0 radical (unpaired) electrons. The third-order valence-corrected chi connectivity index (χ3v) is 3.55. The topological polar surface area (TPSA) is 12.0 Å². The van der Waals surface area contributed by atoms with Crippen LogP contribution in [-0.2, 0) is 6.54 Å². The molecule has 0 heterocycles. The first-order valence-corrected chi connectivity index (χ1v) is 7.24. The zero-order chi connectivity index (χ0) is 14.4. The minimum Gasteiger partial charge on any atom is -0.306 e. The second kappa shape index (κ2) is 7.20. The molecule has 106 valence electrons. The monoisotopic (exact) mass is 271 g/mol. The highest BCUT2D eigenvalue weighted by molar-refractivity contribution is 5.24. The zero-order valence-corrected chi connectivity index (χ0v) is 12.2. The lowest BCUT2D eigenvalue weighted by atomic mass is 10.0. The van der Waals surface area contributed by atoms with Crippen LogP contribution in [0.2, 0.25) is 0 Å². The van der Waals surface area contributed by atoms with Gasteiger partial charge in [0, 0.05) is 12.6 Å². The quantitative estimate of drug-likeness (QED) is 0.798. The molecule has 0 fully saturated rings. The maximum atomic E-state index is 13.3. The van der Waals surface area contributed by atoms with Crippen LogP contribution in [0.4, 0.5) is 4.39 Å². The summed E-state index contributed by atoms with van der Waals surface area (Å²) in [6.07, 6.45) is 2.24. The number of rotatable bonds is 6. The van der Waals surface area contributed by atoms with Gasteiger partial charge in [-0.05, 0) is 36.1 Å². The fourth-order valence-corrected chi connectivity index (χ4v) is 2.42. The van der Waals surface area contributed by atoms with Gasteiger partial charge in [-0.3, -0.25) is 0 Å². The Morgan fingerprint density at radius 1 is 1.10 bits per heavy atom. The maximum absolute atomic E-state index is 13.3. The van der Waals surface area contributed by atoms with Crippen molar-refractivity contribution < 1.29 is 4.39 Å². The summed E-state index contributed by atoms with van der Waals surface area (Å²) in [5, 5.41) is 3.58. The number of nitrogens with one attached hydrogen (secondary N) is 1. The summed E-state index contributed by atoms with van der Waals surface area (Å²) in [5.74, 6) is -0.137. The largest absolute Gasteiger partial charge is 0.306 e. The highest BCUT2D eigenvalue weighted by Gasteiger charge is 2.09. The van der Waals surface area contributed by atoms with Crippen molar-refractivity contribution >= 4 is 0 Å². The smallest absolute Gasteiger partial charge is 0.126 e. The Kier molecular flexibility index (Phi) is 5.31. The molecule has 0 aliphatic heterocycles. The van der Waals surface area contributed by atoms with Crippen LogP contribution in [0.25, 0.3) is 0 Å². The molecule has 1 nitrogen and oxygen atoms in total. The van der Waals surface area contributed by atoms with E-state index in [1.165, 1.54) is 5.56 Å². The molecule has 0 amide bonds. The summed E-state index contributed by atoms with van der Waals surface area (Å²) in [6.45, 7) is 4.76. The van der Waals surface area contributed by atoms with E-state index in [0.29, 0.717) is 11.6 Å². The van der Waals surface area contributed by atoms with E-state index < -0.39 is 0 Å². The highest BCUT2D eigenvalue weighted by Crippen LogP contribution is 2.19. The van der Waals surface area contributed by atoms with Gasteiger partial charge >= 0.3 is 0 Å². The normalized spacial score (nSPS) is 12.3. The van der Waals surface area contributed by atoms with Gasteiger partial charge in [0.1, 0.15) is 5.82 Å². The second-order valence-corrected chi connectivity index (χ2v) is 5.22. The Labute approximate surface area is 120 Å². The van der Waals surface area contributed by atoms with Crippen molar-refractivity contribution in [1.29, 1.82) is 0 Å². The third kappa shape index (κ3) is 3.91. The Bertz CT molecular complexity index is 536. The van der Waals surface area contributed by atoms with Gasteiger partial charge in [-0.2, -0.15) is 0 Å². The first-order chi connectivity index (χ1) is 9.70. The first kappa shape index (κ1) is 14.7. The molecular weight excluding hydrogens is 249 g/mol. The number of hydrogen-bond donors (Lipinski definition) is 1. The summed E-state index contributed by atoms with van der Waals surface area (Å²) in [4.78, 5) is 0. The first-order valence-electron chi connectivity index (χ1n) is 7.24. The lowest BCUT2D eigenvalue weighted by Crippen LogP contribution is -2.20. The molecule has 0 bridgehead atoms. The van der Waals surface area contributed by atoms with Crippen molar-refractivity contribution in [2.45, 2.75) is 39.3 Å². The second-order valence-electron chi connectivity index (χ2n) is 5.22. The van der Waals surface area contributed by atoms with Gasteiger partial charge in [-0.15, -0.1) is 0 Å². The Morgan fingerprint density at radius 3 is 2.50 bits per heavy atom. The van der Waals surface area contributed by atoms with Crippen LogP contribution in [0.5, 0.6) is 0 Å². The number of hydrogen-bond acceptors (Lipinski definition) is 1. The molecule has 20 heavy (non-hydrogen) atoms. The minimum atomic E-state index is -0.137. The van der Waals surface area contributed by atoms with Crippen molar-refractivity contribution in [3.8, 4) is 0 Å². The van der Waals surface area contributed by atoms with Crippen molar-refractivity contribution in [1.82, 2.24) is 5.32 Å². The van der Waals surface area contributed by atoms with Crippen LogP contribution < -0.4 is 5.32 Å². The molecule has 2 heteroatoms. The average molecular weight is 271 g/mol. The van der Waals surface area contributed by atoms with Crippen molar-refractivity contribution in [3.63, 3.8) is 0 Å². The predicted octanol–water partition coefficient (Wildman–Crippen LogP) is 4.77. The van der Waals surface area contributed by atoms with Crippen molar-refractivity contribution in [2.75, 3.05) is 0 Å². The van der Waals surface area contributed by atoms with Crippen molar-refractivity contribution in [2.24, 2.45) is 0 Å². The van der Waals surface area contributed by atoms with Gasteiger partial charge in [0.25, 0.3) is 0 Å². The van der Waals surface area contributed by atoms with Crippen LogP contribution in [-0.4, -0.2) is 0 Å². The van der Waals surface area contributed by atoms with Crippen LogP contribution in [0.3, 0.4) is 0 Å². The van der Waals surface area contributed by atoms with Gasteiger partial charge in [0.05, 0.1) is 0 Å². The summed E-state index contributed by atoms with van der Waals surface area (Å²) < 4.78 is 13.3. The molecule has 1 N–H and O–H groups in total. The molecular formula is C18H22FN. The van der Waals surface area contributed by atoms with E-state index in [-0.39, 0.29) is 5.82 Å². The molecule has 2 aromatic rings. The number of benzene rings is 2. The third-order valence-electron chi connectivity index (χ3n) is 3.55. The Balaban J connectivity index is 2.03. The van der Waals surface area contributed by atoms with E-state index in [1.54, 1.807) is 13.0 Å². The van der Waals surface area contributed by atoms with Crippen LogP contribution >= 0.6 is 0 Å². The Morgan fingerprint density at radius 2 is 1.85 bits per heavy atom. The fraction of sp³-hybridized carbons (Fsp3) is 0.333. The summed E-state index contributed by atoms with van der Waals surface area (Å²) in [6, 6.07) is 16.2. The molecule has 0 spiro atoms. The van der Waals surface area contributed by atoms with Crippen molar-refractivity contribution in [3.05, 3.63) is 71.0 Å². The van der Waals surface area contributed by atoms with Gasteiger partial charge < -0.3 is 5.32 Å². The van der Waals surface area contributed by atoms with E-state index >= 15 is 0 Å². The molecule has 0 saturated carbocycles. The van der Waals surface area contributed by atoms with Crippen LogP contribution in [0.1, 0.15) is 42.5 Å². The maximum Gasteiger partial charge on any atom is 0.126 e. The van der Waals surface area contributed by atoms with E-state index in [2.05, 4.69) is 36.5 Å². The molecule has 0 aliphatic carbocycles. The van der Waals surface area contributed by atoms with E-state index in [0.717, 1.165) is 24.9 Å². The summed E-state index contributed by atoms with van der Waals surface area (Å²) in [7, 11) is 0. The molecule has 0 saturated heterocycles. The average Bonchev–Trinajstić information content (AvgIpc) is 2.48. The molecule has 0 aliphatic rings. The summed E-state index contributed by atoms with van der Waals surface area (Å²) in [5.41, 5.74) is 3.14. The molecule has 2 aromatic carbocycles. The highest BCUT2D eigenvalue weighted by atomic mass is 19.1. The van der Waals surface area contributed by atoms with Crippen LogP contribution in [0.15, 0.2) is 48.5 Å². The van der Waals surface area contributed by atoms with Crippen LogP contribution in [0, 0.1) is 12.7 Å². The van der Waals surface area contributed by atoms with Gasteiger partial charge in [-0.25, -0.2) is 4.39 Å². The minimum absolute atomic E-state index is 0.137. The fourth-order valence-electron chi connectivity index (χ4n) is 2.42. The summed E-state index contributed by atoms with van der Waals surface area (Å²) >= 11 is 0. The molecule has 0 aromatic heterocycles. The number of aryl methyl sites for hydroxylation is 1. The Hall–Kier alpha value is -1.67.